The molecule has 0 aromatic heterocycles. The second kappa shape index (κ2) is 7.31. The van der Waals surface area contributed by atoms with Gasteiger partial charge in [-0.25, -0.2) is 4.79 Å². The van der Waals surface area contributed by atoms with Gasteiger partial charge in [-0.05, 0) is 43.2 Å². The Bertz CT molecular complexity index is 879. The third-order valence-electron chi connectivity index (χ3n) is 4.77. The number of amides is 1. The molecule has 0 fully saturated rings. The van der Waals surface area contributed by atoms with Gasteiger partial charge in [-0.3, -0.25) is 4.79 Å². The monoisotopic (exact) mass is 367 g/mol. The lowest BCUT2D eigenvalue weighted by Crippen LogP contribution is -2.39. The van der Waals surface area contributed by atoms with Crippen molar-refractivity contribution in [1.29, 1.82) is 0 Å². The minimum absolute atomic E-state index is 0.220. The maximum atomic E-state index is 12.8. The van der Waals surface area contributed by atoms with Crippen molar-refractivity contribution < 1.29 is 23.8 Å². The lowest BCUT2D eigenvalue weighted by Gasteiger charge is -2.21. The normalized spacial score (nSPS) is 16.3. The maximum Gasteiger partial charge on any atom is 0.339 e. The summed E-state index contributed by atoms with van der Waals surface area (Å²) in [5, 5.41) is 0. The van der Waals surface area contributed by atoms with Gasteiger partial charge in [0.05, 0.1) is 18.8 Å². The molecule has 6 nitrogen and oxygen atoms in total. The van der Waals surface area contributed by atoms with Crippen molar-refractivity contribution in [2.45, 2.75) is 25.9 Å². The van der Waals surface area contributed by atoms with Crippen LogP contribution in [0.15, 0.2) is 42.5 Å². The summed E-state index contributed by atoms with van der Waals surface area (Å²) in [5.41, 5.74) is 2.36. The fourth-order valence-electron chi connectivity index (χ4n) is 3.36. The molecule has 1 unspecified atom stereocenters. The molecule has 140 valence electrons. The average Bonchev–Trinajstić information content (AvgIpc) is 2.97. The molecule has 0 saturated carbocycles. The SMILES string of the molecule is CC(OC(=O)c1ccc2c(c1)OCCCO2)C(=O)N1CCc2ccccc21. The molecule has 1 atom stereocenters. The molecular weight excluding hydrogens is 346 g/mol. The van der Waals surface area contributed by atoms with E-state index in [4.69, 9.17) is 14.2 Å². The van der Waals surface area contributed by atoms with Gasteiger partial charge in [-0.2, -0.15) is 0 Å². The van der Waals surface area contributed by atoms with E-state index in [2.05, 4.69) is 0 Å². The van der Waals surface area contributed by atoms with Gasteiger partial charge in [-0.1, -0.05) is 18.2 Å². The largest absolute Gasteiger partial charge is 0.490 e. The van der Waals surface area contributed by atoms with E-state index >= 15 is 0 Å². The van der Waals surface area contributed by atoms with Crippen LogP contribution in [0.4, 0.5) is 5.69 Å². The van der Waals surface area contributed by atoms with Crippen molar-refractivity contribution in [3.63, 3.8) is 0 Å². The van der Waals surface area contributed by atoms with E-state index in [9.17, 15) is 9.59 Å². The molecular formula is C21H21NO5. The van der Waals surface area contributed by atoms with Crippen LogP contribution < -0.4 is 14.4 Å². The summed E-state index contributed by atoms with van der Waals surface area (Å²) in [6.07, 6.45) is 0.724. The molecule has 0 spiro atoms. The van der Waals surface area contributed by atoms with Crippen molar-refractivity contribution in [2.24, 2.45) is 0 Å². The highest BCUT2D eigenvalue weighted by Gasteiger charge is 2.30. The van der Waals surface area contributed by atoms with Crippen LogP contribution in [0.5, 0.6) is 11.5 Å². The van der Waals surface area contributed by atoms with Crippen molar-refractivity contribution in [3.05, 3.63) is 53.6 Å². The highest BCUT2D eigenvalue weighted by Crippen LogP contribution is 2.31. The van der Waals surface area contributed by atoms with E-state index in [-0.39, 0.29) is 5.91 Å². The number of esters is 1. The Morgan fingerprint density at radius 1 is 1.07 bits per heavy atom. The summed E-state index contributed by atoms with van der Waals surface area (Å²) in [5.74, 6) is 0.359. The maximum absolute atomic E-state index is 12.8. The van der Waals surface area contributed by atoms with Crippen LogP contribution >= 0.6 is 0 Å². The molecule has 2 aliphatic heterocycles. The molecule has 2 aromatic carbocycles. The van der Waals surface area contributed by atoms with Crippen LogP contribution in [-0.2, 0) is 16.0 Å². The van der Waals surface area contributed by atoms with E-state index < -0.39 is 12.1 Å². The fraction of sp³-hybridized carbons (Fsp3) is 0.333. The number of fused-ring (bicyclic) bond motifs is 2. The Labute approximate surface area is 157 Å². The average molecular weight is 367 g/mol. The Balaban J connectivity index is 1.45. The van der Waals surface area contributed by atoms with Crippen molar-refractivity contribution in [3.8, 4) is 11.5 Å². The van der Waals surface area contributed by atoms with Gasteiger partial charge in [0, 0.05) is 18.7 Å². The summed E-state index contributed by atoms with van der Waals surface area (Å²) < 4.78 is 16.6. The first kappa shape index (κ1) is 17.4. The summed E-state index contributed by atoms with van der Waals surface area (Å²) in [6, 6.07) is 12.7. The van der Waals surface area contributed by atoms with Gasteiger partial charge in [-0.15, -0.1) is 0 Å². The number of carbonyl (C=O) groups is 2. The van der Waals surface area contributed by atoms with Gasteiger partial charge < -0.3 is 19.1 Å². The van der Waals surface area contributed by atoms with Crippen LogP contribution in [-0.4, -0.2) is 37.7 Å². The molecule has 0 radical (unpaired) electrons. The third-order valence-corrected chi connectivity index (χ3v) is 4.77. The molecule has 2 heterocycles. The number of anilines is 1. The first-order chi connectivity index (χ1) is 13.1. The molecule has 0 N–H and O–H groups in total. The van der Waals surface area contributed by atoms with Gasteiger partial charge in [0.1, 0.15) is 0 Å². The van der Waals surface area contributed by atoms with Crippen molar-refractivity contribution >= 4 is 17.6 Å². The molecule has 0 bridgehead atoms. The first-order valence-corrected chi connectivity index (χ1v) is 9.13. The minimum atomic E-state index is -0.875. The Hall–Kier alpha value is -3.02. The second-order valence-electron chi connectivity index (χ2n) is 6.63. The number of benzene rings is 2. The summed E-state index contributed by atoms with van der Waals surface area (Å²) in [7, 11) is 0. The number of hydrogen-bond acceptors (Lipinski definition) is 5. The molecule has 0 aliphatic carbocycles. The van der Waals surface area contributed by atoms with Gasteiger partial charge in [0.2, 0.25) is 0 Å². The van der Waals surface area contributed by atoms with Crippen LogP contribution in [0.1, 0.15) is 29.3 Å². The van der Waals surface area contributed by atoms with Crippen molar-refractivity contribution in [2.75, 3.05) is 24.7 Å². The van der Waals surface area contributed by atoms with Gasteiger partial charge in [0.15, 0.2) is 17.6 Å². The quantitative estimate of drug-likeness (QED) is 0.781. The van der Waals surface area contributed by atoms with Gasteiger partial charge >= 0.3 is 5.97 Å². The standard InChI is InChI=1S/C21H21NO5/c1-14(20(23)22-10-9-15-5-2-3-6-17(15)22)27-21(24)16-7-8-18-19(13-16)26-12-4-11-25-18/h2-3,5-8,13-14H,4,9-12H2,1H3. The minimum Gasteiger partial charge on any atom is -0.490 e. The fourth-order valence-corrected chi connectivity index (χ4v) is 3.36. The Morgan fingerprint density at radius 2 is 1.85 bits per heavy atom. The molecule has 6 heteroatoms. The number of rotatable bonds is 3. The van der Waals surface area contributed by atoms with E-state index in [1.807, 2.05) is 24.3 Å². The zero-order chi connectivity index (χ0) is 18.8. The zero-order valence-corrected chi connectivity index (χ0v) is 15.1. The summed E-state index contributed by atoms with van der Waals surface area (Å²) in [4.78, 5) is 26.9. The highest BCUT2D eigenvalue weighted by molar-refractivity contribution is 6.00. The van der Waals surface area contributed by atoms with Crippen LogP contribution in [0.25, 0.3) is 0 Å². The number of para-hydroxylation sites is 1. The van der Waals surface area contributed by atoms with E-state index in [0.29, 0.717) is 36.8 Å². The molecule has 1 amide bonds. The van der Waals surface area contributed by atoms with Crippen molar-refractivity contribution in [1.82, 2.24) is 0 Å². The number of ether oxygens (including phenoxy) is 3. The Kier molecular flexibility index (Phi) is 4.71. The highest BCUT2D eigenvalue weighted by atomic mass is 16.5. The summed E-state index contributed by atoms with van der Waals surface area (Å²) in [6.45, 7) is 3.32. The topological polar surface area (TPSA) is 65.1 Å². The molecule has 4 rings (SSSR count). The predicted octanol–water partition coefficient (Wildman–Crippen LogP) is 2.98. The van der Waals surface area contributed by atoms with E-state index in [0.717, 1.165) is 24.1 Å². The Morgan fingerprint density at radius 3 is 2.70 bits per heavy atom. The number of carbonyl (C=O) groups excluding carboxylic acids is 2. The molecule has 0 saturated heterocycles. The lowest BCUT2D eigenvalue weighted by atomic mass is 10.2. The third kappa shape index (κ3) is 3.47. The lowest BCUT2D eigenvalue weighted by molar-refractivity contribution is -0.126. The van der Waals surface area contributed by atoms with Crippen LogP contribution in [0, 0.1) is 0 Å². The smallest absolute Gasteiger partial charge is 0.339 e. The summed E-state index contributed by atoms with van der Waals surface area (Å²) >= 11 is 0. The number of hydrogen-bond donors (Lipinski definition) is 0. The van der Waals surface area contributed by atoms with E-state index in [1.54, 1.807) is 30.0 Å². The van der Waals surface area contributed by atoms with Gasteiger partial charge in [0.25, 0.3) is 5.91 Å². The zero-order valence-electron chi connectivity index (χ0n) is 15.1. The number of nitrogens with zero attached hydrogens (tertiary/aromatic N) is 1. The van der Waals surface area contributed by atoms with E-state index in [1.165, 1.54) is 0 Å². The van der Waals surface area contributed by atoms with Crippen LogP contribution in [0.3, 0.4) is 0 Å². The first-order valence-electron chi connectivity index (χ1n) is 9.13. The second-order valence-corrected chi connectivity index (χ2v) is 6.63. The molecule has 2 aromatic rings. The van der Waals surface area contributed by atoms with Crippen LogP contribution in [0.2, 0.25) is 0 Å². The molecule has 27 heavy (non-hydrogen) atoms. The molecule has 2 aliphatic rings. The predicted molar refractivity (Wildman–Crippen MR) is 99.4 cm³/mol.